The average molecular weight is 429 g/mol. The molecular formula is C16H14Cl2N4O4S. The first-order valence-corrected chi connectivity index (χ1v) is 9.38. The van der Waals surface area contributed by atoms with E-state index in [9.17, 15) is 19.7 Å². The zero-order valence-corrected chi connectivity index (χ0v) is 16.0. The fraction of sp³-hybridized carbons (Fsp3) is 0.125. The lowest BCUT2D eigenvalue weighted by molar-refractivity contribution is -0.384. The molecule has 8 nitrogen and oxygen atoms in total. The van der Waals surface area contributed by atoms with Gasteiger partial charge in [-0.1, -0.05) is 35.3 Å². The smallest absolute Gasteiger partial charge is 0.306 e. The van der Waals surface area contributed by atoms with Crippen molar-refractivity contribution in [3.63, 3.8) is 0 Å². The number of carbonyl (C=O) groups excluding carboxylic acids is 2. The number of amides is 3. The number of non-ortho nitro benzene ring substituents is 1. The quantitative estimate of drug-likeness (QED) is 0.475. The van der Waals surface area contributed by atoms with Crippen molar-refractivity contribution in [3.05, 3.63) is 68.2 Å². The molecule has 0 saturated heterocycles. The average Bonchev–Trinajstić information content (AvgIpc) is 2.62. The van der Waals surface area contributed by atoms with Crippen molar-refractivity contribution in [1.29, 1.82) is 0 Å². The molecule has 2 aromatic rings. The van der Waals surface area contributed by atoms with Crippen LogP contribution in [0.4, 0.5) is 16.2 Å². The Kier molecular flexibility index (Phi) is 7.71. The number of nitro benzene ring substituents is 1. The van der Waals surface area contributed by atoms with E-state index < -0.39 is 16.9 Å². The minimum atomic E-state index is -0.727. The first-order valence-electron chi connectivity index (χ1n) is 7.47. The van der Waals surface area contributed by atoms with Gasteiger partial charge in [-0.2, -0.15) is 0 Å². The van der Waals surface area contributed by atoms with Crippen LogP contribution in [0, 0.1) is 10.1 Å². The van der Waals surface area contributed by atoms with Gasteiger partial charge < -0.3 is 5.32 Å². The van der Waals surface area contributed by atoms with E-state index >= 15 is 0 Å². The van der Waals surface area contributed by atoms with Crippen LogP contribution in [-0.2, 0) is 10.5 Å². The van der Waals surface area contributed by atoms with Gasteiger partial charge in [-0.3, -0.25) is 20.3 Å². The SMILES string of the molecule is O=C(CSCc1ccc(Cl)cc1Cl)NNC(=O)Nc1cccc([N+](=O)[O-])c1. The maximum absolute atomic E-state index is 11.8. The summed E-state index contributed by atoms with van der Waals surface area (Å²) in [5.74, 6) is 0.179. The monoisotopic (exact) mass is 428 g/mol. The van der Waals surface area contributed by atoms with Gasteiger partial charge in [-0.05, 0) is 23.8 Å². The Balaban J connectivity index is 1.72. The number of hydrazine groups is 1. The summed E-state index contributed by atoms with van der Waals surface area (Å²) < 4.78 is 0. The van der Waals surface area contributed by atoms with Gasteiger partial charge in [0.2, 0.25) is 5.91 Å². The second kappa shape index (κ2) is 10.0. The summed E-state index contributed by atoms with van der Waals surface area (Å²) in [6.07, 6.45) is 0. The van der Waals surface area contributed by atoms with Gasteiger partial charge in [0.05, 0.1) is 10.7 Å². The minimum absolute atomic E-state index is 0.0933. The Bertz CT molecular complexity index is 866. The Morgan fingerprint density at radius 1 is 1.11 bits per heavy atom. The molecule has 3 amide bonds. The number of rotatable bonds is 6. The van der Waals surface area contributed by atoms with Crippen LogP contribution in [-0.4, -0.2) is 22.6 Å². The van der Waals surface area contributed by atoms with Gasteiger partial charge in [0.1, 0.15) is 0 Å². The number of urea groups is 1. The predicted molar refractivity (Wildman–Crippen MR) is 106 cm³/mol. The lowest BCUT2D eigenvalue weighted by atomic mass is 10.2. The Morgan fingerprint density at radius 2 is 1.89 bits per heavy atom. The maximum Gasteiger partial charge on any atom is 0.337 e. The summed E-state index contributed by atoms with van der Waals surface area (Å²) in [6, 6.07) is 9.81. The number of benzene rings is 2. The highest BCUT2D eigenvalue weighted by Gasteiger charge is 2.09. The number of hydrogen-bond donors (Lipinski definition) is 3. The van der Waals surface area contributed by atoms with Crippen molar-refractivity contribution in [3.8, 4) is 0 Å². The van der Waals surface area contributed by atoms with Gasteiger partial charge in [0.15, 0.2) is 0 Å². The Morgan fingerprint density at radius 3 is 2.59 bits per heavy atom. The molecule has 27 heavy (non-hydrogen) atoms. The number of carbonyl (C=O) groups is 2. The fourth-order valence-electron chi connectivity index (χ4n) is 1.91. The molecule has 2 rings (SSSR count). The van der Waals surface area contributed by atoms with Crippen LogP contribution in [0.5, 0.6) is 0 Å². The van der Waals surface area contributed by atoms with Gasteiger partial charge in [0.25, 0.3) is 5.69 Å². The van der Waals surface area contributed by atoms with E-state index in [4.69, 9.17) is 23.2 Å². The van der Waals surface area contributed by atoms with Crippen LogP contribution in [0.1, 0.15) is 5.56 Å². The normalized spacial score (nSPS) is 10.1. The Hall–Kier alpha value is -2.49. The van der Waals surface area contributed by atoms with Crippen LogP contribution < -0.4 is 16.2 Å². The van der Waals surface area contributed by atoms with Crippen LogP contribution >= 0.6 is 35.0 Å². The van der Waals surface area contributed by atoms with Crippen molar-refractivity contribution in [2.24, 2.45) is 0 Å². The highest BCUT2D eigenvalue weighted by molar-refractivity contribution is 7.99. The molecule has 0 aliphatic carbocycles. The van der Waals surface area contributed by atoms with E-state index in [1.807, 2.05) is 0 Å². The van der Waals surface area contributed by atoms with E-state index in [0.29, 0.717) is 15.8 Å². The number of hydrogen-bond acceptors (Lipinski definition) is 5. The fourth-order valence-corrected chi connectivity index (χ4v) is 3.30. The molecule has 0 unspecified atom stereocenters. The zero-order valence-electron chi connectivity index (χ0n) is 13.7. The summed E-state index contributed by atoms with van der Waals surface area (Å²) in [4.78, 5) is 33.6. The van der Waals surface area contributed by atoms with Crippen LogP contribution in [0.15, 0.2) is 42.5 Å². The first-order chi connectivity index (χ1) is 12.8. The third-order valence-electron chi connectivity index (χ3n) is 3.14. The van der Waals surface area contributed by atoms with Crippen molar-refractivity contribution < 1.29 is 14.5 Å². The van der Waals surface area contributed by atoms with E-state index in [1.165, 1.54) is 36.0 Å². The molecule has 11 heteroatoms. The molecule has 2 aromatic carbocycles. The number of thioether (sulfide) groups is 1. The summed E-state index contributed by atoms with van der Waals surface area (Å²) in [5, 5.41) is 14.1. The lowest BCUT2D eigenvalue weighted by Gasteiger charge is -2.09. The lowest BCUT2D eigenvalue weighted by Crippen LogP contribution is -2.44. The van der Waals surface area contributed by atoms with E-state index in [2.05, 4.69) is 16.2 Å². The molecular weight excluding hydrogens is 415 g/mol. The number of halogens is 2. The third-order valence-corrected chi connectivity index (χ3v) is 4.70. The highest BCUT2D eigenvalue weighted by atomic mass is 35.5. The summed E-state index contributed by atoms with van der Waals surface area (Å²) in [5.41, 5.74) is 5.32. The first kappa shape index (κ1) is 20.8. The summed E-state index contributed by atoms with van der Waals surface area (Å²) in [7, 11) is 0. The van der Waals surface area contributed by atoms with Crippen LogP contribution in [0.2, 0.25) is 10.0 Å². The zero-order chi connectivity index (χ0) is 19.8. The predicted octanol–water partition coefficient (Wildman–Crippen LogP) is 3.99. The molecule has 0 aliphatic rings. The summed E-state index contributed by atoms with van der Waals surface area (Å²) in [6.45, 7) is 0. The van der Waals surface area contributed by atoms with E-state index in [-0.39, 0.29) is 17.1 Å². The minimum Gasteiger partial charge on any atom is -0.306 e. The molecule has 0 spiro atoms. The van der Waals surface area contributed by atoms with Gasteiger partial charge in [0, 0.05) is 33.6 Å². The van der Waals surface area contributed by atoms with E-state index in [0.717, 1.165) is 5.56 Å². The molecule has 142 valence electrons. The second-order valence-corrected chi connectivity index (χ2v) is 6.99. The molecule has 0 atom stereocenters. The topological polar surface area (TPSA) is 113 Å². The molecule has 0 fully saturated rings. The molecule has 0 radical (unpaired) electrons. The van der Waals surface area contributed by atoms with Crippen LogP contribution in [0.25, 0.3) is 0 Å². The molecule has 0 aromatic heterocycles. The Labute approximate surface area is 168 Å². The second-order valence-electron chi connectivity index (χ2n) is 5.16. The van der Waals surface area contributed by atoms with Crippen molar-refractivity contribution in [1.82, 2.24) is 10.9 Å². The van der Waals surface area contributed by atoms with Crippen molar-refractivity contribution in [2.75, 3.05) is 11.1 Å². The van der Waals surface area contributed by atoms with Gasteiger partial charge in [-0.25, -0.2) is 10.2 Å². The van der Waals surface area contributed by atoms with Gasteiger partial charge in [-0.15, -0.1) is 11.8 Å². The van der Waals surface area contributed by atoms with Crippen molar-refractivity contribution in [2.45, 2.75) is 5.75 Å². The number of nitrogens with one attached hydrogen (secondary N) is 3. The number of nitro groups is 1. The maximum atomic E-state index is 11.8. The van der Waals surface area contributed by atoms with Crippen LogP contribution in [0.3, 0.4) is 0 Å². The van der Waals surface area contributed by atoms with E-state index in [1.54, 1.807) is 18.2 Å². The summed E-state index contributed by atoms with van der Waals surface area (Å²) >= 11 is 13.2. The molecule has 3 N–H and O–H groups in total. The van der Waals surface area contributed by atoms with Gasteiger partial charge >= 0.3 is 6.03 Å². The largest absolute Gasteiger partial charge is 0.337 e. The molecule has 0 aliphatic heterocycles. The molecule has 0 bridgehead atoms. The third kappa shape index (κ3) is 6.97. The number of nitrogens with zero attached hydrogens (tertiary/aromatic N) is 1. The molecule has 0 saturated carbocycles. The number of anilines is 1. The highest BCUT2D eigenvalue weighted by Crippen LogP contribution is 2.24. The van der Waals surface area contributed by atoms with Crippen molar-refractivity contribution >= 4 is 58.3 Å². The standard InChI is InChI=1S/C16H14Cl2N4O4S/c17-11-5-4-10(14(18)6-11)8-27-9-15(23)20-21-16(24)19-12-2-1-3-13(7-12)22(25)26/h1-7H,8-9H2,(H,20,23)(H2,19,21,24). The molecule has 0 heterocycles.